The van der Waals surface area contributed by atoms with Crippen molar-refractivity contribution in [1.29, 1.82) is 0 Å². The van der Waals surface area contributed by atoms with Crippen LogP contribution in [-0.2, 0) is 4.79 Å². The molecule has 1 aliphatic rings. The van der Waals surface area contributed by atoms with Gasteiger partial charge in [0.05, 0.1) is 5.69 Å². The number of urea groups is 1. The zero-order valence-corrected chi connectivity index (χ0v) is 11.9. The topological polar surface area (TPSA) is 96.7 Å². The third-order valence-electron chi connectivity index (χ3n) is 3.26. The molecule has 1 heterocycles. The number of likely N-dealkylation sites (tertiary alicyclic amines) is 1. The van der Waals surface area contributed by atoms with Crippen LogP contribution in [0.3, 0.4) is 0 Å². The molecule has 1 saturated heterocycles. The van der Waals surface area contributed by atoms with Crippen LogP contribution in [0.5, 0.6) is 5.75 Å². The van der Waals surface area contributed by atoms with Crippen molar-refractivity contribution in [1.82, 2.24) is 10.3 Å². The minimum Gasteiger partial charge on any atom is -0.406 e. The highest BCUT2D eigenvalue weighted by Gasteiger charge is 2.33. The number of nitrogens with one attached hydrogen (secondary N) is 2. The lowest BCUT2D eigenvalue weighted by Crippen LogP contribution is -2.49. The number of alkyl halides is 3. The molecule has 23 heavy (non-hydrogen) atoms. The lowest BCUT2D eigenvalue weighted by Gasteiger charge is -2.22. The van der Waals surface area contributed by atoms with Crippen molar-refractivity contribution in [3.8, 4) is 5.75 Å². The van der Waals surface area contributed by atoms with Gasteiger partial charge in [0.2, 0.25) is 0 Å². The Hall–Kier alpha value is -2.65. The predicted molar refractivity (Wildman–Crippen MR) is 74.2 cm³/mol. The summed E-state index contributed by atoms with van der Waals surface area (Å²) in [5, 5.41) is 0. The smallest absolute Gasteiger partial charge is 0.406 e. The molecule has 1 fully saturated rings. The summed E-state index contributed by atoms with van der Waals surface area (Å²) in [6, 6.07) is 3.49. The molecule has 0 radical (unpaired) electrons. The van der Waals surface area contributed by atoms with Crippen LogP contribution in [0.25, 0.3) is 0 Å². The fraction of sp³-hybridized carbons (Fsp3) is 0.385. The largest absolute Gasteiger partial charge is 0.573 e. The Morgan fingerprint density at radius 3 is 2.48 bits per heavy atom. The van der Waals surface area contributed by atoms with Crippen LogP contribution in [-0.4, -0.2) is 35.8 Å². The van der Waals surface area contributed by atoms with Crippen molar-refractivity contribution in [3.63, 3.8) is 0 Å². The molecule has 1 unspecified atom stereocenters. The third kappa shape index (κ3) is 4.66. The molecule has 126 valence electrons. The van der Waals surface area contributed by atoms with Crippen molar-refractivity contribution in [2.24, 2.45) is 5.73 Å². The maximum absolute atomic E-state index is 12.0. The van der Waals surface area contributed by atoms with E-state index in [1.165, 1.54) is 17.0 Å². The number of amides is 3. The third-order valence-corrected chi connectivity index (χ3v) is 3.26. The molecule has 3 amide bonds. The number of carbonyl (C=O) groups excluding carboxylic acids is 2. The number of hydrazine groups is 1. The number of nitrogens with two attached hydrogens (primary N) is 1. The van der Waals surface area contributed by atoms with Crippen molar-refractivity contribution < 1.29 is 27.5 Å². The second kappa shape index (κ2) is 6.63. The first-order valence-electron chi connectivity index (χ1n) is 6.74. The SMILES string of the molecule is NC(=O)N1CCCC1C(=O)NNc1ccc(OC(F)(F)F)cc1. The van der Waals surface area contributed by atoms with E-state index >= 15 is 0 Å². The Bertz CT molecular complexity index is 577. The summed E-state index contributed by atoms with van der Waals surface area (Å²) in [6.07, 6.45) is -3.59. The van der Waals surface area contributed by atoms with Gasteiger partial charge in [0.1, 0.15) is 11.8 Å². The van der Waals surface area contributed by atoms with Crippen molar-refractivity contribution in [2.45, 2.75) is 25.2 Å². The second-order valence-corrected chi connectivity index (χ2v) is 4.88. The Balaban J connectivity index is 1.88. The number of halogens is 3. The minimum atomic E-state index is -4.76. The van der Waals surface area contributed by atoms with Crippen LogP contribution in [0.1, 0.15) is 12.8 Å². The summed E-state index contributed by atoms with van der Waals surface area (Å²) in [5.74, 6) is -0.818. The zero-order valence-electron chi connectivity index (χ0n) is 11.9. The van der Waals surface area contributed by atoms with Gasteiger partial charge in [-0.15, -0.1) is 13.2 Å². The van der Waals surface area contributed by atoms with Crippen molar-refractivity contribution in [3.05, 3.63) is 24.3 Å². The van der Waals surface area contributed by atoms with Gasteiger partial charge in [0, 0.05) is 6.54 Å². The molecule has 1 aliphatic heterocycles. The van der Waals surface area contributed by atoms with Gasteiger partial charge in [-0.25, -0.2) is 4.79 Å². The van der Waals surface area contributed by atoms with E-state index in [-0.39, 0.29) is 5.75 Å². The van der Waals surface area contributed by atoms with E-state index in [2.05, 4.69) is 15.6 Å². The summed E-state index contributed by atoms with van der Waals surface area (Å²) >= 11 is 0. The van der Waals surface area contributed by atoms with E-state index < -0.39 is 24.3 Å². The first-order valence-corrected chi connectivity index (χ1v) is 6.74. The van der Waals surface area contributed by atoms with E-state index in [9.17, 15) is 22.8 Å². The van der Waals surface area contributed by atoms with Gasteiger partial charge in [-0.05, 0) is 37.1 Å². The molecule has 0 aromatic heterocycles. The molecule has 1 atom stereocenters. The van der Waals surface area contributed by atoms with Crippen LogP contribution >= 0.6 is 0 Å². The van der Waals surface area contributed by atoms with Crippen LogP contribution < -0.4 is 21.3 Å². The van der Waals surface area contributed by atoms with Crippen LogP contribution in [0.15, 0.2) is 24.3 Å². The molecule has 7 nitrogen and oxygen atoms in total. The highest BCUT2D eigenvalue weighted by atomic mass is 19.4. The Labute approximate surface area is 129 Å². The van der Waals surface area contributed by atoms with Crippen LogP contribution in [0.2, 0.25) is 0 Å². The highest BCUT2D eigenvalue weighted by Crippen LogP contribution is 2.23. The number of ether oxygens (including phenoxy) is 1. The van der Waals surface area contributed by atoms with E-state index in [0.29, 0.717) is 25.1 Å². The minimum absolute atomic E-state index is 0.358. The molecular formula is C13H15F3N4O3. The summed E-state index contributed by atoms with van der Waals surface area (Å²) in [4.78, 5) is 24.4. The normalized spacial score (nSPS) is 17.7. The Kier molecular flexibility index (Phi) is 4.82. The zero-order chi connectivity index (χ0) is 17.0. The number of nitrogens with zero attached hydrogens (tertiary/aromatic N) is 1. The Morgan fingerprint density at radius 2 is 1.91 bits per heavy atom. The van der Waals surface area contributed by atoms with E-state index in [1.54, 1.807) is 0 Å². The van der Waals surface area contributed by atoms with Gasteiger partial charge < -0.3 is 15.4 Å². The quantitative estimate of drug-likeness (QED) is 0.729. The van der Waals surface area contributed by atoms with E-state index in [0.717, 1.165) is 12.1 Å². The lowest BCUT2D eigenvalue weighted by atomic mass is 10.2. The van der Waals surface area contributed by atoms with Crippen LogP contribution in [0, 0.1) is 0 Å². The molecule has 1 aromatic carbocycles. The van der Waals surface area contributed by atoms with Gasteiger partial charge in [-0.3, -0.25) is 15.6 Å². The summed E-state index contributed by atoms with van der Waals surface area (Å²) in [5.41, 5.74) is 10.5. The molecule has 0 aliphatic carbocycles. The molecule has 0 spiro atoms. The second-order valence-electron chi connectivity index (χ2n) is 4.88. The van der Waals surface area contributed by atoms with E-state index in [1.807, 2.05) is 0 Å². The Morgan fingerprint density at radius 1 is 1.26 bits per heavy atom. The lowest BCUT2D eigenvalue weighted by molar-refractivity contribution is -0.274. The first kappa shape index (κ1) is 16.7. The number of anilines is 1. The fourth-order valence-electron chi connectivity index (χ4n) is 2.26. The monoisotopic (exact) mass is 332 g/mol. The average Bonchev–Trinajstić information content (AvgIpc) is 2.94. The highest BCUT2D eigenvalue weighted by molar-refractivity contribution is 5.87. The summed E-state index contributed by atoms with van der Waals surface area (Å²) in [7, 11) is 0. The standard InChI is InChI=1S/C13H15F3N4O3/c14-13(15,16)23-9-5-3-8(4-6-9)18-19-11(21)10-2-1-7-20(10)12(17)22/h3-6,10,18H,1-2,7H2,(H2,17,22)(H,19,21). The molecule has 2 rings (SSSR count). The molecule has 0 saturated carbocycles. The summed E-state index contributed by atoms with van der Waals surface area (Å²) in [6.45, 7) is 0.414. The number of carbonyl (C=O) groups is 2. The van der Waals surface area contributed by atoms with Gasteiger partial charge in [0.15, 0.2) is 0 Å². The van der Waals surface area contributed by atoms with Gasteiger partial charge in [-0.1, -0.05) is 0 Å². The predicted octanol–water partition coefficient (Wildman–Crippen LogP) is 1.57. The van der Waals surface area contributed by atoms with Crippen LogP contribution in [0.4, 0.5) is 23.7 Å². The van der Waals surface area contributed by atoms with Gasteiger partial charge >= 0.3 is 12.4 Å². The molecular weight excluding hydrogens is 317 g/mol. The maximum Gasteiger partial charge on any atom is 0.573 e. The number of rotatable bonds is 4. The van der Waals surface area contributed by atoms with Gasteiger partial charge in [0.25, 0.3) is 5.91 Å². The van der Waals surface area contributed by atoms with Crippen molar-refractivity contribution >= 4 is 17.6 Å². The number of hydrogen-bond acceptors (Lipinski definition) is 4. The number of hydrogen-bond donors (Lipinski definition) is 3. The number of benzene rings is 1. The van der Waals surface area contributed by atoms with Crippen molar-refractivity contribution in [2.75, 3.05) is 12.0 Å². The molecule has 1 aromatic rings. The molecule has 4 N–H and O–H groups in total. The summed E-state index contributed by atoms with van der Waals surface area (Å²) < 4.78 is 39.8. The first-order chi connectivity index (χ1) is 10.8. The maximum atomic E-state index is 12.0. The average molecular weight is 332 g/mol. The van der Waals surface area contributed by atoms with E-state index in [4.69, 9.17) is 5.73 Å². The van der Waals surface area contributed by atoms with Gasteiger partial charge in [-0.2, -0.15) is 0 Å². The molecule has 10 heteroatoms. The fourth-order valence-corrected chi connectivity index (χ4v) is 2.26. The molecule has 0 bridgehead atoms. The number of primary amides is 1.